The number of fused-ring (bicyclic) bond motifs is 1. The van der Waals surface area contributed by atoms with Crippen LogP contribution in [0.25, 0.3) is 10.9 Å². The van der Waals surface area contributed by atoms with Crippen molar-refractivity contribution in [1.29, 1.82) is 0 Å². The highest BCUT2D eigenvalue weighted by atomic mass is 35.5. The Kier molecular flexibility index (Phi) is 7.43. The van der Waals surface area contributed by atoms with Crippen LogP contribution in [0.5, 0.6) is 0 Å². The molecule has 0 aliphatic rings. The number of benzene rings is 3. The molecule has 0 fully saturated rings. The molecule has 0 bridgehead atoms. The summed E-state index contributed by atoms with van der Waals surface area (Å²) in [5, 5.41) is 4.27. The fraction of sp³-hybridized carbons (Fsp3) is 0.222. The predicted octanol–water partition coefficient (Wildman–Crippen LogP) is 6.99. The number of amides is 2. The zero-order chi connectivity index (χ0) is 25.1. The van der Waals surface area contributed by atoms with E-state index in [1.165, 1.54) is 4.57 Å². The number of hydrogen-bond acceptors (Lipinski definition) is 3. The van der Waals surface area contributed by atoms with Crippen LogP contribution in [0.4, 0.5) is 10.5 Å². The van der Waals surface area contributed by atoms with Crippen molar-refractivity contribution < 1.29 is 4.79 Å². The molecule has 0 saturated carbocycles. The molecule has 1 heterocycles. The maximum Gasteiger partial charge on any atom is 0.323 e. The Balaban J connectivity index is 1.83. The second-order valence-electron chi connectivity index (χ2n) is 8.32. The number of urea groups is 1. The fourth-order valence-corrected chi connectivity index (χ4v) is 4.74. The largest absolute Gasteiger partial charge is 0.323 e. The van der Waals surface area contributed by atoms with Gasteiger partial charge >= 0.3 is 6.03 Å². The molecule has 0 radical (unpaired) electrons. The van der Waals surface area contributed by atoms with Gasteiger partial charge in [0.2, 0.25) is 0 Å². The lowest BCUT2D eigenvalue weighted by atomic mass is 10.0. The van der Waals surface area contributed by atoms with Crippen LogP contribution in [0.15, 0.2) is 77.6 Å². The van der Waals surface area contributed by atoms with Crippen molar-refractivity contribution in [3.63, 3.8) is 0 Å². The Hall–Kier alpha value is -3.35. The summed E-state index contributed by atoms with van der Waals surface area (Å²) in [7, 11) is 1.69. The molecule has 35 heavy (non-hydrogen) atoms. The van der Waals surface area contributed by atoms with Gasteiger partial charge in [-0.2, -0.15) is 0 Å². The van der Waals surface area contributed by atoms with Crippen molar-refractivity contribution in [1.82, 2.24) is 14.5 Å². The summed E-state index contributed by atoms with van der Waals surface area (Å²) >= 11 is 12.4. The van der Waals surface area contributed by atoms with Crippen LogP contribution in [-0.2, 0) is 7.05 Å². The van der Waals surface area contributed by atoms with E-state index < -0.39 is 6.04 Å². The number of anilines is 1. The molecule has 0 saturated heterocycles. The average molecular weight is 509 g/mol. The first-order chi connectivity index (χ1) is 16.8. The summed E-state index contributed by atoms with van der Waals surface area (Å²) < 4.78 is 1.53. The van der Waals surface area contributed by atoms with Crippen molar-refractivity contribution in [2.24, 2.45) is 7.05 Å². The minimum absolute atomic E-state index is 0.155. The van der Waals surface area contributed by atoms with E-state index in [1.807, 2.05) is 62.4 Å². The van der Waals surface area contributed by atoms with E-state index in [-0.39, 0.29) is 17.6 Å². The highest BCUT2D eigenvalue weighted by molar-refractivity contribution is 6.36. The number of halogens is 2. The predicted molar refractivity (Wildman–Crippen MR) is 142 cm³/mol. The highest BCUT2D eigenvalue weighted by Gasteiger charge is 2.32. The van der Waals surface area contributed by atoms with Crippen molar-refractivity contribution >= 4 is 45.8 Å². The number of carbonyl (C=O) groups is 1. The molecule has 4 rings (SSSR count). The van der Waals surface area contributed by atoms with Crippen LogP contribution in [0.1, 0.15) is 43.7 Å². The van der Waals surface area contributed by atoms with Gasteiger partial charge in [-0.25, -0.2) is 9.78 Å². The molecule has 1 aromatic heterocycles. The van der Waals surface area contributed by atoms with Crippen LogP contribution in [0.2, 0.25) is 10.0 Å². The van der Waals surface area contributed by atoms with E-state index in [4.69, 9.17) is 28.2 Å². The Labute approximate surface area is 214 Å². The van der Waals surface area contributed by atoms with Gasteiger partial charge < -0.3 is 10.2 Å². The lowest BCUT2D eigenvalue weighted by Gasteiger charge is -2.36. The Bertz CT molecular complexity index is 1420. The molecule has 3 aromatic carbocycles. The summed E-state index contributed by atoms with van der Waals surface area (Å²) in [6, 6.07) is 20.7. The number of para-hydroxylation sites is 1. The fourth-order valence-electron chi connectivity index (χ4n) is 4.29. The average Bonchev–Trinajstić information content (AvgIpc) is 2.86. The molecular formula is C27H26Cl2N4O2. The zero-order valence-electron chi connectivity index (χ0n) is 19.7. The first-order valence-electron chi connectivity index (χ1n) is 11.4. The number of nitrogens with zero attached hydrogens (tertiary/aromatic N) is 3. The monoisotopic (exact) mass is 508 g/mol. The van der Waals surface area contributed by atoms with Crippen molar-refractivity contribution in [3.05, 3.63) is 105 Å². The standard InChI is InChI=1S/C27H26Cl2N4O2/c1-4-24(25-30-22-13-9-8-12-20(22)26(34)32(25)3)33(17(2)18-10-6-5-7-11-18)27(35)31-23-15-14-19(28)16-21(23)29/h5-17,24H,4H2,1-3H3,(H,31,35). The molecule has 0 aliphatic carbocycles. The number of rotatable bonds is 6. The second-order valence-corrected chi connectivity index (χ2v) is 9.17. The lowest BCUT2D eigenvalue weighted by molar-refractivity contribution is 0.153. The number of hydrogen-bond donors (Lipinski definition) is 1. The summed E-state index contributed by atoms with van der Waals surface area (Å²) in [6.45, 7) is 3.93. The van der Waals surface area contributed by atoms with Crippen LogP contribution < -0.4 is 10.9 Å². The topological polar surface area (TPSA) is 67.2 Å². The normalized spacial score (nSPS) is 12.8. The third kappa shape index (κ3) is 5.04. The number of nitrogens with one attached hydrogen (secondary N) is 1. The number of aromatic nitrogens is 2. The second kappa shape index (κ2) is 10.5. The van der Waals surface area contributed by atoms with Gasteiger partial charge in [0.1, 0.15) is 5.82 Å². The maximum atomic E-state index is 13.8. The molecule has 6 nitrogen and oxygen atoms in total. The molecule has 0 spiro atoms. The summed E-state index contributed by atoms with van der Waals surface area (Å²) in [5.74, 6) is 0.510. The van der Waals surface area contributed by atoms with E-state index in [1.54, 1.807) is 36.2 Å². The highest BCUT2D eigenvalue weighted by Crippen LogP contribution is 2.34. The zero-order valence-corrected chi connectivity index (χ0v) is 21.2. The van der Waals surface area contributed by atoms with Gasteiger partial charge in [-0.1, -0.05) is 72.6 Å². The SMILES string of the molecule is CCC(c1nc2ccccc2c(=O)n1C)N(C(=O)Nc1ccc(Cl)cc1Cl)C(C)c1ccccc1. The van der Waals surface area contributed by atoms with Crippen LogP contribution in [0.3, 0.4) is 0 Å². The third-order valence-electron chi connectivity index (χ3n) is 6.14. The van der Waals surface area contributed by atoms with Crippen molar-refractivity contribution in [2.45, 2.75) is 32.4 Å². The Morgan fingerprint density at radius 2 is 1.74 bits per heavy atom. The molecule has 1 N–H and O–H groups in total. The van der Waals surface area contributed by atoms with E-state index in [2.05, 4.69) is 5.32 Å². The molecule has 180 valence electrons. The van der Waals surface area contributed by atoms with Crippen LogP contribution in [-0.4, -0.2) is 20.5 Å². The first kappa shape index (κ1) is 24.8. The van der Waals surface area contributed by atoms with Gasteiger partial charge in [-0.15, -0.1) is 0 Å². The molecule has 0 aliphatic heterocycles. The van der Waals surface area contributed by atoms with Crippen LogP contribution >= 0.6 is 23.2 Å². The Morgan fingerprint density at radius 1 is 1.06 bits per heavy atom. The summed E-state index contributed by atoms with van der Waals surface area (Å²) in [5.41, 5.74) is 1.84. The van der Waals surface area contributed by atoms with Gasteiger partial charge in [0.05, 0.1) is 33.7 Å². The van der Waals surface area contributed by atoms with Crippen LogP contribution in [0, 0.1) is 0 Å². The minimum atomic E-state index is -0.487. The summed E-state index contributed by atoms with van der Waals surface area (Å²) in [6.07, 6.45) is 0.539. The van der Waals surface area contributed by atoms with Crippen molar-refractivity contribution in [2.75, 3.05) is 5.32 Å². The number of carbonyl (C=O) groups excluding carboxylic acids is 1. The van der Waals surface area contributed by atoms with E-state index in [9.17, 15) is 9.59 Å². The Morgan fingerprint density at radius 3 is 2.43 bits per heavy atom. The first-order valence-corrected chi connectivity index (χ1v) is 12.1. The molecular weight excluding hydrogens is 483 g/mol. The quantitative estimate of drug-likeness (QED) is 0.305. The van der Waals surface area contributed by atoms with Crippen molar-refractivity contribution in [3.8, 4) is 0 Å². The summed E-state index contributed by atoms with van der Waals surface area (Å²) in [4.78, 5) is 33.5. The molecule has 8 heteroatoms. The molecule has 2 atom stereocenters. The third-order valence-corrected chi connectivity index (χ3v) is 6.69. The van der Waals surface area contributed by atoms with E-state index in [0.717, 1.165) is 5.56 Å². The van der Waals surface area contributed by atoms with E-state index in [0.29, 0.717) is 38.9 Å². The molecule has 2 amide bonds. The van der Waals surface area contributed by atoms with Gasteiger partial charge in [0.15, 0.2) is 0 Å². The van der Waals surface area contributed by atoms with Gasteiger partial charge in [-0.05, 0) is 49.2 Å². The smallest absolute Gasteiger partial charge is 0.308 e. The lowest BCUT2D eigenvalue weighted by Crippen LogP contribution is -2.42. The van der Waals surface area contributed by atoms with Gasteiger partial charge in [-0.3, -0.25) is 9.36 Å². The van der Waals surface area contributed by atoms with Gasteiger partial charge in [0.25, 0.3) is 5.56 Å². The minimum Gasteiger partial charge on any atom is -0.308 e. The molecule has 4 aromatic rings. The van der Waals surface area contributed by atoms with E-state index >= 15 is 0 Å². The van der Waals surface area contributed by atoms with Gasteiger partial charge in [0, 0.05) is 12.1 Å². The maximum absolute atomic E-state index is 13.8. The molecule has 2 unspecified atom stereocenters.